The highest BCUT2D eigenvalue weighted by Crippen LogP contribution is 2.43. The van der Waals surface area contributed by atoms with Crippen molar-refractivity contribution in [3.05, 3.63) is 82.2 Å². The first-order valence-corrected chi connectivity index (χ1v) is 12.7. The number of aromatic nitrogens is 1. The van der Waals surface area contributed by atoms with Crippen molar-refractivity contribution in [2.45, 2.75) is 40.2 Å². The lowest BCUT2D eigenvalue weighted by molar-refractivity contribution is -0.118. The highest BCUT2D eigenvalue weighted by Gasteiger charge is 2.45. The van der Waals surface area contributed by atoms with Crippen LogP contribution in [0.4, 0.5) is 5.69 Å². The van der Waals surface area contributed by atoms with Crippen LogP contribution in [0.15, 0.2) is 66.1 Å². The van der Waals surface area contributed by atoms with E-state index in [0.717, 1.165) is 10.4 Å². The molecule has 2 N–H and O–H groups in total. The maximum Gasteiger partial charge on any atom is 0.294 e. The number of benzene rings is 1. The van der Waals surface area contributed by atoms with E-state index in [1.807, 2.05) is 45.0 Å². The molecule has 0 fully saturated rings. The highest BCUT2D eigenvalue weighted by molar-refractivity contribution is 7.15. The molecular formula is C28H29N3O4S. The van der Waals surface area contributed by atoms with Crippen LogP contribution in [0.2, 0.25) is 0 Å². The van der Waals surface area contributed by atoms with Gasteiger partial charge in [-0.25, -0.2) is 0 Å². The number of aryl methyl sites for hydroxylation is 1. The number of rotatable bonds is 8. The predicted octanol–water partition coefficient (Wildman–Crippen LogP) is 5.38. The molecule has 1 atom stereocenters. The average molecular weight is 504 g/mol. The fraction of sp³-hybridized carbons (Fsp3) is 0.286. The van der Waals surface area contributed by atoms with Gasteiger partial charge in [-0.2, -0.15) is 0 Å². The molecule has 2 amide bonds. The summed E-state index contributed by atoms with van der Waals surface area (Å²) in [6.07, 6.45) is 1.65. The lowest BCUT2D eigenvalue weighted by atomic mass is 9.91. The molecule has 1 aliphatic rings. The molecule has 186 valence electrons. The summed E-state index contributed by atoms with van der Waals surface area (Å²) < 4.78 is 0. The Morgan fingerprint density at radius 1 is 1.14 bits per heavy atom. The van der Waals surface area contributed by atoms with Crippen molar-refractivity contribution in [2.24, 2.45) is 5.92 Å². The molecule has 2 aromatic heterocycles. The molecule has 8 heteroatoms. The Morgan fingerprint density at radius 3 is 2.47 bits per heavy atom. The number of ketones is 1. The summed E-state index contributed by atoms with van der Waals surface area (Å²) in [7, 11) is 0. The maximum atomic E-state index is 13.4. The van der Waals surface area contributed by atoms with E-state index in [9.17, 15) is 19.5 Å². The molecule has 7 nitrogen and oxygen atoms in total. The monoisotopic (exact) mass is 503 g/mol. The number of pyridine rings is 1. The van der Waals surface area contributed by atoms with Crippen LogP contribution in [0.1, 0.15) is 54.2 Å². The first-order chi connectivity index (χ1) is 17.2. The van der Waals surface area contributed by atoms with E-state index in [4.69, 9.17) is 0 Å². The van der Waals surface area contributed by atoms with E-state index >= 15 is 0 Å². The Morgan fingerprint density at radius 2 is 1.86 bits per heavy atom. The molecular weight excluding hydrogens is 474 g/mol. The van der Waals surface area contributed by atoms with E-state index in [1.54, 1.807) is 42.5 Å². The number of aliphatic hydroxyl groups excluding tert-OH is 1. The lowest BCUT2D eigenvalue weighted by Crippen LogP contribution is -2.34. The number of anilines is 1. The third-order valence-electron chi connectivity index (χ3n) is 5.96. The number of amides is 2. The van der Waals surface area contributed by atoms with Crippen LogP contribution in [0.5, 0.6) is 0 Å². The number of thiophene rings is 1. The molecule has 0 aliphatic carbocycles. The smallest absolute Gasteiger partial charge is 0.294 e. The second kappa shape index (κ2) is 10.5. The largest absolute Gasteiger partial charge is 0.503 e. The van der Waals surface area contributed by atoms with Crippen LogP contribution in [0.3, 0.4) is 0 Å². The molecule has 4 rings (SSSR count). The number of nitrogens with zero attached hydrogens (tertiary/aromatic N) is 2. The minimum atomic E-state index is -0.982. The van der Waals surface area contributed by atoms with Crippen molar-refractivity contribution in [2.75, 3.05) is 11.4 Å². The molecule has 1 aliphatic heterocycles. The van der Waals surface area contributed by atoms with Gasteiger partial charge in [-0.3, -0.25) is 24.3 Å². The van der Waals surface area contributed by atoms with Crippen LogP contribution < -0.4 is 10.2 Å². The van der Waals surface area contributed by atoms with Gasteiger partial charge >= 0.3 is 0 Å². The second-order valence-corrected chi connectivity index (χ2v) is 10.4. The van der Waals surface area contributed by atoms with Crippen LogP contribution in [0, 0.1) is 12.8 Å². The van der Waals surface area contributed by atoms with E-state index in [-0.39, 0.29) is 29.4 Å². The molecule has 0 spiro atoms. The van der Waals surface area contributed by atoms with E-state index in [1.165, 1.54) is 16.0 Å². The zero-order chi connectivity index (χ0) is 26.0. The molecule has 0 radical (unpaired) electrons. The summed E-state index contributed by atoms with van der Waals surface area (Å²) in [6, 6.07) is 13.8. The third-order valence-corrected chi connectivity index (χ3v) is 7.01. The van der Waals surface area contributed by atoms with Crippen molar-refractivity contribution in [1.29, 1.82) is 0 Å². The van der Waals surface area contributed by atoms with Crippen LogP contribution in [-0.4, -0.2) is 34.2 Å². The molecule has 3 aromatic rings. The van der Waals surface area contributed by atoms with Crippen molar-refractivity contribution in [3.63, 3.8) is 0 Å². The second-order valence-electron chi connectivity index (χ2n) is 9.12. The molecule has 1 aromatic carbocycles. The number of hydrogen-bond donors (Lipinski definition) is 2. The highest BCUT2D eigenvalue weighted by atomic mass is 32.1. The van der Waals surface area contributed by atoms with Gasteiger partial charge < -0.3 is 10.4 Å². The Bertz CT molecular complexity index is 1340. The first kappa shape index (κ1) is 25.3. The Kier molecular flexibility index (Phi) is 7.35. The molecule has 0 saturated heterocycles. The van der Waals surface area contributed by atoms with Gasteiger partial charge in [-0.05, 0) is 55.7 Å². The van der Waals surface area contributed by atoms with Crippen molar-refractivity contribution in [1.82, 2.24) is 10.3 Å². The quantitative estimate of drug-likeness (QED) is 0.430. The van der Waals surface area contributed by atoms with Gasteiger partial charge in [0.05, 0.1) is 11.6 Å². The SMILES string of the molecule is CCNC(=O)c1ncccc1C1C(C(=O)CC(C)C)=C(O)C(=O)N1c1ccc(-c2ccc(C)s2)cc1. The third kappa shape index (κ3) is 4.81. The number of carbonyl (C=O) groups excluding carboxylic acids is 3. The van der Waals surface area contributed by atoms with Gasteiger partial charge in [0.1, 0.15) is 5.69 Å². The van der Waals surface area contributed by atoms with E-state index in [2.05, 4.69) is 10.3 Å². The van der Waals surface area contributed by atoms with Crippen LogP contribution in [-0.2, 0) is 9.59 Å². The molecule has 36 heavy (non-hydrogen) atoms. The van der Waals surface area contributed by atoms with Gasteiger partial charge in [0.2, 0.25) is 0 Å². The van der Waals surface area contributed by atoms with Gasteiger partial charge in [0.15, 0.2) is 11.5 Å². The number of hydrogen-bond acceptors (Lipinski definition) is 6. The van der Waals surface area contributed by atoms with Crippen molar-refractivity contribution < 1.29 is 19.5 Å². The fourth-order valence-corrected chi connectivity index (χ4v) is 5.25. The zero-order valence-corrected chi connectivity index (χ0v) is 21.6. The zero-order valence-electron chi connectivity index (χ0n) is 20.7. The standard InChI is InChI=1S/C28H29N3O4S/c1-5-29-27(34)24-20(7-6-14-30-24)25-23(21(32)15-16(2)3)26(33)28(35)31(25)19-11-9-18(10-12-19)22-13-8-17(4)36-22/h6-14,16,25,33H,5,15H2,1-4H3,(H,29,34). The molecule has 1 unspecified atom stereocenters. The molecule has 0 bridgehead atoms. The lowest BCUT2D eigenvalue weighted by Gasteiger charge is -2.28. The summed E-state index contributed by atoms with van der Waals surface area (Å²) in [5, 5.41) is 13.7. The van der Waals surface area contributed by atoms with Crippen LogP contribution >= 0.6 is 11.3 Å². The van der Waals surface area contributed by atoms with Crippen LogP contribution in [0.25, 0.3) is 10.4 Å². The minimum absolute atomic E-state index is 0.00907. The summed E-state index contributed by atoms with van der Waals surface area (Å²) in [4.78, 5) is 47.5. The number of carbonyl (C=O) groups is 3. The topological polar surface area (TPSA) is 99.6 Å². The summed E-state index contributed by atoms with van der Waals surface area (Å²) in [6.45, 7) is 8.03. The van der Waals surface area contributed by atoms with Gasteiger partial charge in [-0.15, -0.1) is 11.3 Å². The van der Waals surface area contributed by atoms with Crippen molar-refractivity contribution >= 4 is 34.6 Å². The summed E-state index contributed by atoms with van der Waals surface area (Å²) >= 11 is 1.67. The predicted molar refractivity (Wildman–Crippen MR) is 141 cm³/mol. The first-order valence-electron chi connectivity index (χ1n) is 11.9. The Labute approximate surface area is 214 Å². The van der Waals surface area contributed by atoms with E-state index in [0.29, 0.717) is 17.8 Å². The molecule has 0 saturated carbocycles. The average Bonchev–Trinajstić information content (AvgIpc) is 3.40. The number of Topliss-reactive ketones (excluding diaryl/α,β-unsaturated/α-hetero) is 1. The maximum absolute atomic E-state index is 13.4. The summed E-state index contributed by atoms with van der Waals surface area (Å²) in [5.74, 6) is -1.99. The van der Waals surface area contributed by atoms with Gasteiger partial charge in [-0.1, -0.05) is 32.0 Å². The Hall–Kier alpha value is -3.78. The van der Waals surface area contributed by atoms with Gasteiger partial charge in [0, 0.05) is 40.2 Å². The van der Waals surface area contributed by atoms with Gasteiger partial charge in [0.25, 0.3) is 11.8 Å². The number of nitrogens with one attached hydrogen (secondary N) is 1. The Balaban J connectivity index is 1.84. The fourth-order valence-electron chi connectivity index (χ4n) is 4.38. The number of aliphatic hydroxyl groups is 1. The van der Waals surface area contributed by atoms with Crippen molar-refractivity contribution in [3.8, 4) is 10.4 Å². The normalized spacial score (nSPS) is 15.6. The summed E-state index contributed by atoms with van der Waals surface area (Å²) in [5.41, 5.74) is 1.98. The molecule has 3 heterocycles. The minimum Gasteiger partial charge on any atom is -0.503 e. The van der Waals surface area contributed by atoms with E-state index < -0.39 is 23.6 Å².